The zero-order valence-corrected chi connectivity index (χ0v) is 14.3. The average Bonchev–Trinajstić information content (AvgIpc) is 2.54. The van der Waals surface area contributed by atoms with E-state index in [1.807, 2.05) is 6.92 Å². The van der Waals surface area contributed by atoms with E-state index in [9.17, 15) is 13.2 Å². The number of sulfonamides is 1. The van der Waals surface area contributed by atoms with Crippen LogP contribution < -0.4 is 4.72 Å². The Bertz CT molecular complexity index is 668. The maximum Gasteiger partial charge on any atom is 0.331 e. The molecule has 1 aromatic rings. The first-order chi connectivity index (χ1) is 11.0. The molecule has 0 bridgehead atoms. The van der Waals surface area contributed by atoms with Crippen molar-refractivity contribution in [3.05, 3.63) is 29.8 Å². The minimum absolute atomic E-state index is 0.133. The summed E-state index contributed by atoms with van der Waals surface area (Å²) in [5, 5.41) is 0. The highest BCUT2D eigenvalue weighted by Crippen LogP contribution is 2.35. The zero-order chi connectivity index (χ0) is 16.4. The number of piperidine rings is 1. The summed E-state index contributed by atoms with van der Waals surface area (Å²) in [6.45, 7) is 2.54. The third kappa shape index (κ3) is 3.52. The summed E-state index contributed by atoms with van der Waals surface area (Å²) in [5.41, 5.74) is 0.983. The smallest absolute Gasteiger partial charge is 0.321 e. The number of hydrogen-bond donors (Lipinski definition) is 1. The molecule has 2 fully saturated rings. The molecule has 1 saturated carbocycles. The van der Waals surface area contributed by atoms with E-state index in [-0.39, 0.29) is 10.9 Å². The summed E-state index contributed by atoms with van der Waals surface area (Å²) >= 11 is 0. The molecule has 2 aliphatic rings. The van der Waals surface area contributed by atoms with Crippen LogP contribution in [0.15, 0.2) is 29.2 Å². The monoisotopic (exact) mass is 336 g/mol. The molecule has 0 unspecified atom stereocenters. The largest absolute Gasteiger partial charge is 0.331 e. The van der Waals surface area contributed by atoms with Crippen molar-refractivity contribution in [1.29, 1.82) is 0 Å². The predicted octanol–water partition coefficient (Wildman–Crippen LogP) is 3.05. The van der Waals surface area contributed by atoms with Gasteiger partial charge in [-0.25, -0.2) is 17.9 Å². The van der Waals surface area contributed by atoms with E-state index in [1.165, 1.54) is 18.6 Å². The number of hydrogen-bond acceptors (Lipinski definition) is 3. The molecule has 0 spiro atoms. The summed E-state index contributed by atoms with van der Waals surface area (Å²) < 4.78 is 27.0. The summed E-state index contributed by atoms with van der Waals surface area (Å²) in [6, 6.07) is 6.26. The second-order valence-electron chi connectivity index (χ2n) is 6.67. The quantitative estimate of drug-likeness (QED) is 0.902. The van der Waals surface area contributed by atoms with Gasteiger partial charge in [0, 0.05) is 12.6 Å². The first-order valence-electron chi connectivity index (χ1n) is 8.37. The lowest BCUT2D eigenvalue weighted by molar-refractivity contribution is 0.0869. The van der Waals surface area contributed by atoms with Crippen LogP contribution in [0.25, 0.3) is 0 Å². The van der Waals surface area contributed by atoms with E-state index in [2.05, 4.69) is 4.72 Å². The minimum atomic E-state index is -3.80. The Balaban J connectivity index is 1.73. The lowest BCUT2D eigenvalue weighted by atomic mass is 9.78. The molecule has 1 N–H and O–H groups in total. The number of nitrogens with zero attached hydrogens (tertiary/aromatic N) is 1. The summed E-state index contributed by atoms with van der Waals surface area (Å²) in [6.07, 6.45) is 6.59. The molecule has 1 aliphatic carbocycles. The lowest BCUT2D eigenvalue weighted by Gasteiger charge is -2.43. The third-order valence-electron chi connectivity index (χ3n) is 5.06. The van der Waals surface area contributed by atoms with E-state index in [0.29, 0.717) is 12.5 Å². The van der Waals surface area contributed by atoms with Gasteiger partial charge in [-0.1, -0.05) is 30.5 Å². The molecule has 2 amide bonds. The maximum atomic E-state index is 12.5. The summed E-state index contributed by atoms with van der Waals surface area (Å²) in [4.78, 5) is 14.4. The average molecular weight is 336 g/mol. The fraction of sp³-hybridized carbons (Fsp3) is 0.588. The van der Waals surface area contributed by atoms with E-state index >= 15 is 0 Å². The van der Waals surface area contributed by atoms with Gasteiger partial charge >= 0.3 is 6.03 Å². The van der Waals surface area contributed by atoms with E-state index < -0.39 is 16.1 Å². The van der Waals surface area contributed by atoms with Crippen LogP contribution in [0.2, 0.25) is 0 Å². The molecule has 0 aromatic heterocycles. The number of fused-ring (bicyclic) bond motifs is 1. The lowest BCUT2D eigenvalue weighted by Crippen LogP contribution is -2.54. The molecule has 2 atom stereocenters. The standard InChI is InChI=1S/C17H24N2O3S/c1-13-8-10-15(11-9-13)23(21,22)18-17(20)19-12-4-6-14-5-2-3-7-16(14)19/h8-11,14,16H,2-7,12H2,1H3,(H,18,20)/t14-,16+/m1/s1. The van der Waals surface area contributed by atoms with Crippen LogP contribution in [0.5, 0.6) is 0 Å². The first-order valence-corrected chi connectivity index (χ1v) is 9.86. The molecule has 5 nitrogen and oxygen atoms in total. The van der Waals surface area contributed by atoms with Crippen molar-refractivity contribution in [3.63, 3.8) is 0 Å². The normalized spacial score (nSPS) is 24.8. The Labute approximate surface area is 138 Å². The van der Waals surface area contributed by atoms with Crippen molar-refractivity contribution in [2.24, 2.45) is 5.92 Å². The molecule has 6 heteroatoms. The Hall–Kier alpha value is -1.56. The molecular weight excluding hydrogens is 312 g/mol. The van der Waals surface area contributed by atoms with Gasteiger partial charge in [0.25, 0.3) is 10.0 Å². The van der Waals surface area contributed by atoms with E-state index in [1.54, 1.807) is 17.0 Å². The molecule has 126 valence electrons. The second-order valence-corrected chi connectivity index (χ2v) is 8.35. The SMILES string of the molecule is Cc1ccc(S(=O)(=O)NC(=O)N2CCC[C@H]3CCCC[C@@H]32)cc1. The van der Waals surface area contributed by atoms with Gasteiger partial charge in [-0.3, -0.25) is 0 Å². The number of amides is 2. The Morgan fingerprint density at radius 3 is 2.48 bits per heavy atom. The van der Waals surface area contributed by atoms with Crippen molar-refractivity contribution >= 4 is 16.1 Å². The van der Waals surface area contributed by atoms with Crippen LogP contribution >= 0.6 is 0 Å². The van der Waals surface area contributed by atoms with Crippen LogP contribution in [-0.2, 0) is 10.0 Å². The molecule has 0 radical (unpaired) electrons. The van der Waals surface area contributed by atoms with Gasteiger partial charge < -0.3 is 4.90 Å². The van der Waals surface area contributed by atoms with Crippen LogP contribution in [-0.4, -0.2) is 31.9 Å². The Morgan fingerprint density at radius 1 is 1.09 bits per heavy atom. The second kappa shape index (κ2) is 6.51. The molecule has 1 aromatic carbocycles. The number of benzene rings is 1. The van der Waals surface area contributed by atoms with Crippen molar-refractivity contribution < 1.29 is 13.2 Å². The predicted molar refractivity (Wildman–Crippen MR) is 88.6 cm³/mol. The Kier molecular flexibility index (Phi) is 4.62. The van der Waals surface area contributed by atoms with Crippen molar-refractivity contribution in [1.82, 2.24) is 9.62 Å². The molecule has 3 rings (SSSR count). The number of urea groups is 1. The first kappa shape index (κ1) is 16.3. The van der Waals surface area contributed by atoms with E-state index in [4.69, 9.17) is 0 Å². The van der Waals surface area contributed by atoms with Crippen LogP contribution in [0.3, 0.4) is 0 Å². The van der Waals surface area contributed by atoms with Crippen molar-refractivity contribution in [2.75, 3.05) is 6.54 Å². The fourth-order valence-corrected chi connectivity index (χ4v) is 4.79. The van der Waals surface area contributed by atoms with Gasteiger partial charge in [0.15, 0.2) is 0 Å². The minimum Gasteiger partial charge on any atom is -0.321 e. The number of carbonyl (C=O) groups is 1. The van der Waals surface area contributed by atoms with Gasteiger partial charge in [0.1, 0.15) is 0 Å². The highest BCUT2D eigenvalue weighted by molar-refractivity contribution is 7.90. The third-order valence-corrected chi connectivity index (χ3v) is 6.39. The van der Waals surface area contributed by atoms with Gasteiger partial charge in [-0.2, -0.15) is 0 Å². The summed E-state index contributed by atoms with van der Waals surface area (Å²) in [5.74, 6) is 0.533. The van der Waals surface area contributed by atoms with Gasteiger partial charge in [0.2, 0.25) is 0 Å². The van der Waals surface area contributed by atoms with Crippen LogP contribution in [0.1, 0.15) is 44.1 Å². The fourth-order valence-electron chi connectivity index (χ4n) is 3.83. The van der Waals surface area contributed by atoms with Gasteiger partial charge in [0.05, 0.1) is 4.90 Å². The topological polar surface area (TPSA) is 66.5 Å². The molecule has 1 saturated heterocycles. The van der Waals surface area contributed by atoms with Crippen molar-refractivity contribution in [2.45, 2.75) is 56.4 Å². The van der Waals surface area contributed by atoms with Crippen LogP contribution in [0, 0.1) is 12.8 Å². The highest BCUT2D eigenvalue weighted by Gasteiger charge is 2.36. The number of likely N-dealkylation sites (tertiary alicyclic amines) is 1. The zero-order valence-electron chi connectivity index (χ0n) is 13.5. The molecule has 23 heavy (non-hydrogen) atoms. The highest BCUT2D eigenvalue weighted by atomic mass is 32.2. The van der Waals surface area contributed by atoms with Gasteiger partial charge in [-0.15, -0.1) is 0 Å². The Morgan fingerprint density at radius 2 is 1.74 bits per heavy atom. The van der Waals surface area contributed by atoms with Crippen molar-refractivity contribution in [3.8, 4) is 0 Å². The molecule has 1 aliphatic heterocycles. The summed E-state index contributed by atoms with van der Waals surface area (Å²) in [7, 11) is -3.80. The molecule has 1 heterocycles. The maximum absolute atomic E-state index is 12.5. The number of nitrogens with one attached hydrogen (secondary N) is 1. The van der Waals surface area contributed by atoms with E-state index in [0.717, 1.165) is 37.7 Å². The van der Waals surface area contributed by atoms with Crippen LogP contribution in [0.4, 0.5) is 4.79 Å². The number of aryl methyl sites for hydroxylation is 1. The number of carbonyl (C=O) groups excluding carboxylic acids is 1. The molecular formula is C17H24N2O3S. The van der Waals surface area contributed by atoms with Gasteiger partial charge in [-0.05, 0) is 50.7 Å². The number of rotatable bonds is 2.